The standard InChI is InChI=1S/C24H34N2O3/c1-5-26(6-2)15-16-29-19-10-8-9-18(17-19)23-20-11-12-22(27-4)24(28-7-3)21(20)13-14-25-23/h8-12,17,23,25H,5-7,13-16H2,1-4H3. The second-order valence-electron chi connectivity index (χ2n) is 7.18. The van der Waals surface area contributed by atoms with Gasteiger partial charge in [-0.25, -0.2) is 0 Å². The quantitative estimate of drug-likeness (QED) is 0.654. The molecular weight excluding hydrogens is 364 g/mol. The molecule has 3 rings (SSSR count). The van der Waals surface area contributed by atoms with Gasteiger partial charge in [0.1, 0.15) is 12.4 Å². The Kier molecular flexibility index (Phi) is 7.78. The lowest BCUT2D eigenvalue weighted by Crippen LogP contribution is -2.31. The maximum Gasteiger partial charge on any atom is 0.164 e. The molecule has 2 aromatic carbocycles. The molecule has 0 spiro atoms. The van der Waals surface area contributed by atoms with Gasteiger partial charge < -0.3 is 24.4 Å². The molecule has 0 saturated carbocycles. The second-order valence-corrected chi connectivity index (χ2v) is 7.18. The SMILES string of the molecule is CCOc1c(OC)ccc2c1CCNC2c1cccc(OCCN(CC)CC)c1. The fraction of sp³-hybridized carbons (Fsp3) is 0.500. The zero-order valence-electron chi connectivity index (χ0n) is 18.2. The molecule has 0 radical (unpaired) electrons. The zero-order chi connectivity index (χ0) is 20.6. The van der Waals surface area contributed by atoms with Crippen molar-refractivity contribution in [2.45, 2.75) is 33.2 Å². The van der Waals surface area contributed by atoms with Crippen LogP contribution in [0, 0.1) is 0 Å². The predicted octanol–water partition coefficient (Wildman–Crippen LogP) is 4.05. The van der Waals surface area contributed by atoms with Crippen LogP contribution in [0.4, 0.5) is 0 Å². The molecule has 0 bridgehead atoms. The van der Waals surface area contributed by atoms with Gasteiger partial charge >= 0.3 is 0 Å². The van der Waals surface area contributed by atoms with Crippen LogP contribution in [-0.2, 0) is 6.42 Å². The van der Waals surface area contributed by atoms with Gasteiger partial charge in [-0.1, -0.05) is 32.0 Å². The van der Waals surface area contributed by atoms with Crippen molar-refractivity contribution in [2.75, 3.05) is 46.5 Å². The van der Waals surface area contributed by atoms with Gasteiger partial charge in [0.25, 0.3) is 0 Å². The number of hydrogen-bond acceptors (Lipinski definition) is 5. The summed E-state index contributed by atoms with van der Waals surface area (Å²) in [5, 5.41) is 3.66. The molecule has 1 aliphatic rings. The van der Waals surface area contributed by atoms with E-state index in [0.717, 1.165) is 49.8 Å². The fourth-order valence-electron chi connectivity index (χ4n) is 3.98. The summed E-state index contributed by atoms with van der Waals surface area (Å²) in [5.74, 6) is 2.60. The van der Waals surface area contributed by atoms with Crippen molar-refractivity contribution in [3.05, 3.63) is 53.1 Å². The van der Waals surface area contributed by atoms with Crippen molar-refractivity contribution >= 4 is 0 Å². The Labute approximate surface area is 175 Å². The Morgan fingerprint density at radius 3 is 2.62 bits per heavy atom. The van der Waals surface area contributed by atoms with Crippen LogP contribution in [0.15, 0.2) is 36.4 Å². The van der Waals surface area contributed by atoms with Crippen LogP contribution >= 0.6 is 0 Å². The highest BCUT2D eigenvalue weighted by atomic mass is 16.5. The summed E-state index contributed by atoms with van der Waals surface area (Å²) in [4.78, 5) is 2.37. The molecule has 158 valence electrons. The van der Waals surface area contributed by atoms with E-state index in [0.29, 0.717) is 13.2 Å². The van der Waals surface area contributed by atoms with Gasteiger partial charge in [-0.3, -0.25) is 0 Å². The van der Waals surface area contributed by atoms with E-state index >= 15 is 0 Å². The first-order valence-corrected chi connectivity index (χ1v) is 10.7. The second kappa shape index (κ2) is 10.5. The van der Waals surface area contributed by atoms with Gasteiger partial charge in [0.2, 0.25) is 0 Å². The number of nitrogens with zero attached hydrogens (tertiary/aromatic N) is 1. The van der Waals surface area contributed by atoms with E-state index in [-0.39, 0.29) is 6.04 Å². The molecule has 2 aromatic rings. The van der Waals surface area contributed by atoms with Crippen molar-refractivity contribution in [3.8, 4) is 17.2 Å². The summed E-state index contributed by atoms with van der Waals surface area (Å²) in [5.41, 5.74) is 3.70. The Morgan fingerprint density at radius 2 is 1.90 bits per heavy atom. The Bertz CT molecular complexity index is 790. The molecule has 0 aromatic heterocycles. The van der Waals surface area contributed by atoms with Crippen LogP contribution in [0.2, 0.25) is 0 Å². The van der Waals surface area contributed by atoms with Gasteiger partial charge in [0, 0.05) is 18.7 Å². The summed E-state index contributed by atoms with van der Waals surface area (Å²) in [7, 11) is 1.70. The van der Waals surface area contributed by atoms with Gasteiger partial charge in [-0.2, -0.15) is 0 Å². The highest BCUT2D eigenvalue weighted by Gasteiger charge is 2.26. The van der Waals surface area contributed by atoms with Gasteiger partial charge in [0.15, 0.2) is 11.5 Å². The zero-order valence-corrected chi connectivity index (χ0v) is 18.2. The first-order chi connectivity index (χ1) is 14.2. The number of hydrogen-bond donors (Lipinski definition) is 1. The number of benzene rings is 2. The van der Waals surface area contributed by atoms with Crippen LogP contribution in [0.5, 0.6) is 17.2 Å². The Balaban J connectivity index is 1.81. The Hall–Kier alpha value is -2.24. The highest BCUT2D eigenvalue weighted by Crippen LogP contribution is 2.40. The molecule has 5 nitrogen and oxygen atoms in total. The van der Waals surface area contributed by atoms with E-state index in [9.17, 15) is 0 Å². The number of methoxy groups -OCH3 is 1. The van der Waals surface area contributed by atoms with Crippen molar-refractivity contribution in [1.82, 2.24) is 10.2 Å². The van der Waals surface area contributed by atoms with E-state index in [1.54, 1.807) is 7.11 Å². The van der Waals surface area contributed by atoms with Crippen molar-refractivity contribution in [1.29, 1.82) is 0 Å². The third kappa shape index (κ3) is 5.03. The summed E-state index contributed by atoms with van der Waals surface area (Å²) in [6, 6.07) is 12.7. The highest BCUT2D eigenvalue weighted by molar-refractivity contribution is 5.55. The molecule has 1 atom stereocenters. The van der Waals surface area contributed by atoms with E-state index < -0.39 is 0 Å². The van der Waals surface area contributed by atoms with Gasteiger partial charge in [-0.15, -0.1) is 0 Å². The van der Waals surface area contributed by atoms with E-state index in [1.165, 1.54) is 16.7 Å². The van der Waals surface area contributed by atoms with Crippen molar-refractivity contribution in [2.24, 2.45) is 0 Å². The van der Waals surface area contributed by atoms with E-state index in [4.69, 9.17) is 14.2 Å². The van der Waals surface area contributed by atoms with Crippen LogP contribution in [-0.4, -0.2) is 51.4 Å². The van der Waals surface area contributed by atoms with Crippen LogP contribution < -0.4 is 19.5 Å². The molecular formula is C24H34N2O3. The van der Waals surface area contributed by atoms with Crippen LogP contribution in [0.1, 0.15) is 43.5 Å². The number of nitrogens with one attached hydrogen (secondary N) is 1. The number of likely N-dealkylation sites (N-methyl/N-ethyl adjacent to an activating group) is 1. The fourth-order valence-corrected chi connectivity index (χ4v) is 3.98. The molecule has 0 fully saturated rings. The molecule has 1 N–H and O–H groups in total. The third-order valence-electron chi connectivity index (χ3n) is 5.57. The maximum absolute atomic E-state index is 6.04. The molecule has 1 heterocycles. The molecule has 0 amide bonds. The summed E-state index contributed by atoms with van der Waals surface area (Å²) in [6.07, 6.45) is 0.929. The predicted molar refractivity (Wildman–Crippen MR) is 117 cm³/mol. The third-order valence-corrected chi connectivity index (χ3v) is 5.57. The summed E-state index contributed by atoms with van der Waals surface area (Å²) in [6.45, 7) is 11.6. The molecule has 0 aliphatic carbocycles. The van der Waals surface area contributed by atoms with Crippen molar-refractivity contribution < 1.29 is 14.2 Å². The first kappa shape index (κ1) is 21.5. The van der Waals surface area contributed by atoms with Crippen molar-refractivity contribution in [3.63, 3.8) is 0 Å². The smallest absolute Gasteiger partial charge is 0.164 e. The molecule has 0 saturated heterocycles. The molecule has 29 heavy (non-hydrogen) atoms. The number of fused-ring (bicyclic) bond motifs is 1. The summed E-state index contributed by atoms with van der Waals surface area (Å²) >= 11 is 0. The topological polar surface area (TPSA) is 43.0 Å². The largest absolute Gasteiger partial charge is 0.493 e. The number of ether oxygens (including phenoxy) is 3. The van der Waals surface area contributed by atoms with Crippen LogP contribution in [0.25, 0.3) is 0 Å². The average Bonchev–Trinajstić information content (AvgIpc) is 2.77. The summed E-state index contributed by atoms with van der Waals surface area (Å²) < 4.78 is 17.5. The maximum atomic E-state index is 6.04. The normalized spacial score (nSPS) is 15.8. The van der Waals surface area contributed by atoms with E-state index in [1.807, 2.05) is 19.1 Å². The number of rotatable bonds is 10. The Morgan fingerprint density at radius 1 is 1.07 bits per heavy atom. The average molecular weight is 399 g/mol. The van der Waals surface area contributed by atoms with Gasteiger partial charge in [0.05, 0.1) is 19.8 Å². The molecule has 1 aliphatic heterocycles. The lowest BCUT2D eigenvalue weighted by atomic mass is 9.89. The minimum absolute atomic E-state index is 0.121. The minimum atomic E-state index is 0.121. The monoisotopic (exact) mass is 398 g/mol. The minimum Gasteiger partial charge on any atom is -0.493 e. The lowest BCUT2D eigenvalue weighted by molar-refractivity contribution is 0.222. The lowest BCUT2D eigenvalue weighted by Gasteiger charge is -2.30. The molecule has 5 heteroatoms. The first-order valence-electron chi connectivity index (χ1n) is 10.7. The molecule has 1 unspecified atom stereocenters. The van der Waals surface area contributed by atoms with Crippen LogP contribution in [0.3, 0.4) is 0 Å². The van der Waals surface area contributed by atoms with E-state index in [2.05, 4.69) is 48.3 Å². The van der Waals surface area contributed by atoms with Gasteiger partial charge in [-0.05, 0) is 55.8 Å².